The Morgan fingerprint density at radius 2 is 2.04 bits per heavy atom. The lowest BCUT2D eigenvalue weighted by atomic mass is 9.98. The molecule has 1 atom stereocenters. The SMILES string of the molecule is Cc1cccc(-n2c(C)cc(C(=O)N3CCC[C@@H](CO)C3)c2C)c1. The summed E-state index contributed by atoms with van der Waals surface area (Å²) < 4.78 is 2.15. The molecule has 1 aliphatic rings. The molecule has 1 fully saturated rings. The first kappa shape index (κ1) is 16.8. The number of carbonyl (C=O) groups excluding carboxylic acids is 1. The predicted octanol–water partition coefficient (Wildman–Crippen LogP) is 3.25. The average molecular weight is 326 g/mol. The second-order valence-corrected chi connectivity index (χ2v) is 6.90. The van der Waals surface area contributed by atoms with Gasteiger partial charge in [-0.2, -0.15) is 0 Å². The molecule has 24 heavy (non-hydrogen) atoms. The van der Waals surface area contributed by atoms with Crippen LogP contribution in [0.3, 0.4) is 0 Å². The molecule has 2 aromatic rings. The van der Waals surface area contributed by atoms with Gasteiger partial charge in [-0.25, -0.2) is 0 Å². The van der Waals surface area contributed by atoms with Gasteiger partial charge in [-0.05, 0) is 63.3 Å². The predicted molar refractivity (Wildman–Crippen MR) is 95.7 cm³/mol. The molecule has 1 amide bonds. The molecule has 1 aromatic heterocycles. The third-order valence-corrected chi connectivity index (χ3v) is 4.99. The van der Waals surface area contributed by atoms with E-state index < -0.39 is 0 Å². The van der Waals surface area contributed by atoms with Gasteiger partial charge in [-0.1, -0.05) is 12.1 Å². The van der Waals surface area contributed by atoms with Gasteiger partial charge in [0.05, 0.1) is 5.56 Å². The zero-order valence-electron chi connectivity index (χ0n) is 14.7. The smallest absolute Gasteiger partial charge is 0.255 e. The van der Waals surface area contributed by atoms with Crippen LogP contribution in [0.15, 0.2) is 30.3 Å². The van der Waals surface area contributed by atoms with Crippen molar-refractivity contribution in [1.29, 1.82) is 0 Å². The van der Waals surface area contributed by atoms with Crippen molar-refractivity contribution in [2.24, 2.45) is 5.92 Å². The van der Waals surface area contributed by atoms with E-state index in [1.165, 1.54) is 5.56 Å². The number of aliphatic hydroxyl groups excluding tert-OH is 1. The molecular formula is C20H26N2O2. The number of aromatic nitrogens is 1. The molecule has 2 heterocycles. The minimum atomic E-state index is 0.0835. The number of aryl methyl sites for hydroxylation is 2. The number of likely N-dealkylation sites (tertiary alicyclic amines) is 1. The number of rotatable bonds is 3. The minimum Gasteiger partial charge on any atom is -0.396 e. The molecule has 4 nitrogen and oxygen atoms in total. The number of carbonyl (C=O) groups is 1. The lowest BCUT2D eigenvalue weighted by molar-refractivity contribution is 0.0620. The molecule has 1 aliphatic heterocycles. The van der Waals surface area contributed by atoms with E-state index in [2.05, 4.69) is 29.7 Å². The molecule has 0 radical (unpaired) electrons. The Balaban J connectivity index is 1.92. The van der Waals surface area contributed by atoms with E-state index in [0.29, 0.717) is 6.54 Å². The molecule has 0 aliphatic carbocycles. The average Bonchev–Trinajstić information content (AvgIpc) is 2.88. The van der Waals surface area contributed by atoms with Gasteiger partial charge in [-0.3, -0.25) is 4.79 Å². The van der Waals surface area contributed by atoms with Crippen molar-refractivity contribution >= 4 is 5.91 Å². The van der Waals surface area contributed by atoms with Crippen LogP contribution in [0.2, 0.25) is 0 Å². The van der Waals surface area contributed by atoms with Gasteiger partial charge < -0.3 is 14.6 Å². The van der Waals surface area contributed by atoms with Crippen LogP contribution >= 0.6 is 0 Å². The summed E-state index contributed by atoms with van der Waals surface area (Å²) in [4.78, 5) is 14.9. The third kappa shape index (κ3) is 3.11. The molecule has 1 aromatic carbocycles. The molecule has 0 unspecified atom stereocenters. The van der Waals surface area contributed by atoms with Crippen LogP contribution < -0.4 is 0 Å². The van der Waals surface area contributed by atoms with E-state index in [1.54, 1.807) is 0 Å². The van der Waals surface area contributed by atoms with E-state index >= 15 is 0 Å². The van der Waals surface area contributed by atoms with Gasteiger partial charge in [-0.15, -0.1) is 0 Å². The third-order valence-electron chi connectivity index (χ3n) is 4.99. The van der Waals surface area contributed by atoms with Crippen LogP contribution in [0.5, 0.6) is 0 Å². The summed E-state index contributed by atoms with van der Waals surface area (Å²) in [6, 6.07) is 10.3. The van der Waals surface area contributed by atoms with Crippen LogP contribution in [-0.4, -0.2) is 40.2 Å². The van der Waals surface area contributed by atoms with Crippen molar-refractivity contribution in [2.75, 3.05) is 19.7 Å². The topological polar surface area (TPSA) is 45.5 Å². The molecule has 0 spiro atoms. The summed E-state index contributed by atoms with van der Waals surface area (Å²) in [6.07, 6.45) is 1.97. The summed E-state index contributed by atoms with van der Waals surface area (Å²) in [5, 5.41) is 9.40. The highest BCUT2D eigenvalue weighted by Gasteiger charge is 2.26. The van der Waals surface area contributed by atoms with Crippen LogP contribution in [0.1, 0.15) is 40.2 Å². The molecule has 0 saturated carbocycles. The fourth-order valence-electron chi connectivity index (χ4n) is 3.71. The Morgan fingerprint density at radius 1 is 1.25 bits per heavy atom. The van der Waals surface area contributed by atoms with E-state index in [0.717, 1.165) is 42.0 Å². The second kappa shape index (κ2) is 6.81. The van der Waals surface area contributed by atoms with E-state index in [9.17, 15) is 9.90 Å². The Bertz CT molecular complexity index is 748. The fourth-order valence-corrected chi connectivity index (χ4v) is 3.71. The van der Waals surface area contributed by atoms with Crippen LogP contribution in [0.25, 0.3) is 5.69 Å². The lowest BCUT2D eigenvalue weighted by Gasteiger charge is -2.31. The first-order chi connectivity index (χ1) is 11.5. The van der Waals surface area contributed by atoms with Gasteiger partial charge in [0, 0.05) is 36.8 Å². The maximum atomic E-state index is 13.0. The molecule has 0 bridgehead atoms. The highest BCUT2D eigenvalue weighted by molar-refractivity contribution is 5.96. The van der Waals surface area contributed by atoms with Gasteiger partial charge in [0.25, 0.3) is 5.91 Å². The summed E-state index contributed by atoms with van der Waals surface area (Å²) in [7, 11) is 0. The zero-order valence-corrected chi connectivity index (χ0v) is 14.7. The maximum absolute atomic E-state index is 13.0. The van der Waals surface area contributed by atoms with Crippen molar-refractivity contribution in [1.82, 2.24) is 9.47 Å². The first-order valence-corrected chi connectivity index (χ1v) is 8.67. The van der Waals surface area contributed by atoms with Crippen LogP contribution in [-0.2, 0) is 0 Å². The molecular weight excluding hydrogens is 300 g/mol. The summed E-state index contributed by atoms with van der Waals surface area (Å²) in [5.74, 6) is 0.295. The monoisotopic (exact) mass is 326 g/mol. The quantitative estimate of drug-likeness (QED) is 0.941. The van der Waals surface area contributed by atoms with Gasteiger partial charge in [0.15, 0.2) is 0 Å². The number of amides is 1. The highest BCUT2D eigenvalue weighted by Crippen LogP contribution is 2.25. The van der Waals surface area contributed by atoms with Crippen molar-refractivity contribution in [3.63, 3.8) is 0 Å². The summed E-state index contributed by atoms with van der Waals surface area (Å²) in [5.41, 5.74) is 5.12. The number of piperidine rings is 1. The Labute approximate surface area is 143 Å². The molecule has 4 heteroatoms. The van der Waals surface area contributed by atoms with Gasteiger partial charge in [0.1, 0.15) is 0 Å². The van der Waals surface area contributed by atoms with E-state index in [1.807, 2.05) is 30.9 Å². The van der Waals surface area contributed by atoms with Gasteiger partial charge >= 0.3 is 0 Å². The minimum absolute atomic E-state index is 0.0835. The maximum Gasteiger partial charge on any atom is 0.255 e. The Morgan fingerprint density at radius 3 is 2.75 bits per heavy atom. The molecule has 128 valence electrons. The van der Waals surface area contributed by atoms with E-state index in [-0.39, 0.29) is 18.4 Å². The zero-order chi connectivity index (χ0) is 17.3. The van der Waals surface area contributed by atoms with Gasteiger partial charge in [0.2, 0.25) is 0 Å². The highest BCUT2D eigenvalue weighted by atomic mass is 16.3. The Hall–Kier alpha value is -2.07. The molecule has 3 rings (SSSR count). The van der Waals surface area contributed by atoms with Crippen molar-refractivity contribution in [3.05, 3.63) is 52.8 Å². The summed E-state index contributed by atoms with van der Waals surface area (Å²) >= 11 is 0. The summed E-state index contributed by atoms with van der Waals surface area (Å²) in [6.45, 7) is 7.72. The van der Waals surface area contributed by atoms with Crippen molar-refractivity contribution in [3.8, 4) is 5.69 Å². The van der Waals surface area contributed by atoms with Crippen LogP contribution in [0.4, 0.5) is 0 Å². The van der Waals surface area contributed by atoms with E-state index in [4.69, 9.17) is 0 Å². The normalized spacial score (nSPS) is 18.0. The number of hydrogen-bond acceptors (Lipinski definition) is 2. The number of aliphatic hydroxyl groups is 1. The number of benzene rings is 1. The molecule has 1 N–H and O–H groups in total. The number of hydrogen-bond donors (Lipinski definition) is 1. The van der Waals surface area contributed by atoms with Crippen molar-refractivity contribution in [2.45, 2.75) is 33.6 Å². The number of nitrogens with zero attached hydrogens (tertiary/aromatic N) is 2. The molecule has 1 saturated heterocycles. The van der Waals surface area contributed by atoms with Crippen LogP contribution in [0, 0.1) is 26.7 Å². The van der Waals surface area contributed by atoms with Crippen molar-refractivity contribution < 1.29 is 9.90 Å². The second-order valence-electron chi connectivity index (χ2n) is 6.90. The largest absolute Gasteiger partial charge is 0.396 e. The lowest BCUT2D eigenvalue weighted by Crippen LogP contribution is -2.41. The fraction of sp³-hybridized carbons (Fsp3) is 0.450. The Kier molecular flexibility index (Phi) is 4.76. The standard InChI is InChI=1S/C20H26N2O2/c1-14-6-4-8-18(10-14)22-15(2)11-19(16(22)3)20(24)21-9-5-7-17(12-21)13-23/h4,6,8,10-11,17,23H,5,7,9,12-13H2,1-3H3/t17-/m1/s1. The first-order valence-electron chi connectivity index (χ1n) is 8.67.